The van der Waals surface area contributed by atoms with E-state index in [9.17, 15) is 0 Å². The normalized spacial score (nSPS) is 15.2. The summed E-state index contributed by atoms with van der Waals surface area (Å²) in [5, 5.41) is 3.03. The first-order chi connectivity index (χ1) is 23.3. The highest BCUT2D eigenvalue weighted by Gasteiger charge is 2.34. The quantitative estimate of drug-likeness (QED) is 0.141. The second-order valence-electron chi connectivity index (χ2n) is 12.8. The summed E-state index contributed by atoms with van der Waals surface area (Å²) >= 11 is 0. The predicted octanol–water partition coefficient (Wildman–Crippen LogP) is 12.0. The van der Waals surface area contributed by atoms with Crippen LogP contribution in [0.1, 0.15) is 65.5 Å². The summed E-state index contributed by atoms with van der Waals surface area (Å²) in [5.74, 6) is 0.419. The van der Waals surface area contributed by atoms with Crippen LogP contribution in [-0.4, -0.2) is 9.52 Å². The maximum absolute atomic E-state index is 2.39. The van der Waals surface area contributed by atoms with Crippen molar-refractivity contribution in [3.8, 4) is 22.3 Å². The lowest BCUT2D eigenvalue weighted by atomic mass is 9.87. The molecule has 0 amide bonds. The zero-order chi connectivity index (χ0) is 31.6. The topological polar surface area (TPSA) is 0 Å². The van der Waals surface area contributed by atoms with Crippen LogP contribution < -0.4 is 0 Å². The zero-order valence-corrected chi connectivity index (χ0v) is 27.9. The Morgan fingerprint density at radius 2 is 1.00 bits per heavy atom. The lowest BCUT2D eigenvalue weighted by Gasteiger charge is -2.19. The molecule has 0 saturated heterocycles. The van der Waals surface area contributed by atoms with Crippen LogP contribution in [0, 0.1) is 0 Å². The first-order valence-corrected chi connectivity index (χ1v) is 18.0. The van der Waals surface area contributed by atoms with E-state index in [1.54, 1.807) is 0 Å². The van der Waals surface area contributed by atoms with Crippen LogP contribution in [-0.2, 0) is 6.42 Å². The minimum atomic E-state index is 0.419. The van der Waals surface area contributed by atoms with Gasteiger partial charge in [0.15, 0.2) is 0 Å². The second-order valence-corrected chi connectivity index (χ2v) is 14.0. The molecular weight excluding hydrogens is 581 g/mol. The smallest absolute Gasteiger partial charge is 0.0654 e. The van der Waals surface area contributed by atoms with Crippen molar-refractivity contribution >= 4 is 31.1 Å². The van der Waals surface area contributed by atoms with Crippen molar-refractivity contribution in [2.24, 2.45) is 0 Å². The number of benzene rings is 6. The molecule has 6 aromatic carbocycles. The van der Waals surface area contributed by atoms with Gasteiger partial charge in [0, 0.05) is 5.92 Å². The largest absolute Gasteiger partial charge is 0.124 e. The van der Waals surface area contributed by atoms with Gasteiger partial charge in [-0.15, -0.1) is 0 Å². The number of rotatable bonds is 9. The van der Waals surface area contributed by atoms with Gasteiger partial charge in [-0.2, -0.15) is 0 Å². The SMILES string of the molecule is CCCCC1C(c2ccc(-c3ccccc3)cc2)=C([Si]C2=C(c3ccc(-c4ccccc4)cc3)Cc3ccccc32)c2ccccc21. The summed E-state index contributed by atoms with van der Waals surface area (Å²) in [6.45, 7) is 2.32. The van der Waals surface area contributed by atoms with Crippen molar-refractivity contribution < 1.29 is 0 Å². The van der Waals surface area contributed by atoms with Gasteiger partial charge in [0.1, 0.15) is 9.52 Å². The number of fused-ring (bicyclic) bond motifs is 2. The maximum Gasteiger partial charge on any atom is 0.124 e. The first-order valence-electron chi connectivity index (χ1n) is 17.0. The molecule has 0 spiro atoms. The molecule has 1 unspecified atom stereocenters. The van der Waals surface area contributed by atoms with Crippen molar-refractivity contribution in [2.45, 2.75) is 38.5 Å². The molecule has 0 aromatic heterocycles. The fraction of sp³-hybridized carbons (Fsp3) is 0.130. The van der Waals surface area contributed by atoms with Crippen LogP contribution in [0.5, 0.6) is 0 Å². The van der Waals surface area contributed by atoms with Crippen LogP contribution >= 0.6 is 0 Å². The van der Waals surface area contributed by atoms with Gasteiger partial charge in [-0.05, 0) is 90.0 Å². The van der Waals surface area contributed by atoms with Crippen molar-refractivity contribution in [2.75, 3.05) is 0 Å². The van der Waals surface area contributed by atoms with Crippen molar-refractivity contribution in [3.05, 3.63) is 191 Å². The van der Waals surface area contributed by atoms with E-state index in [0.29, 0.717) is 15.4 Å². The molecule has 1 atom stereocenters. The highest BCUT2D eigenvalue weighted by Crippen LogP contribution is 2.51. The van der Waals surface area contributed by atoms with Gasteiger partial charge in [-0.3, -0.25) is 0 Å². The number of hydrogen-bond donors (Lipinski definition) is 0. The van der Waals surface area contributed by atoms with Crippen LogP contribution in [0.3, 0.4) is 0 Å². The Hall–Kier alpha value is -4.98. The number of unbranched alkanes of at least 4 members (excludes halogenated alkanes) is 1. The summed E-state index contributed by atoms with van der Waals surface area (Å²) in [4.78, 5) is 0. The van der Waals surface area contributed by atoms with E-state index in [-0.39, 0.29) is 0 Å². The Morgan fingerprint density at radius 3 is 1.64 bits per heavy atom. The lowest BCUT2D eigenvalue weighted by molar-refractivity contribution is 0.678. The van der Waals surface area contributed by atoms with E-state index in [1.165, 1.54) is 96.4 Å². The Morgan fingerprint density at radius 1 is 0.489 bits per heavy atom. The van der Waals surface area contributed by atoms with Gasteiger partial charge < -0.3 is 0 Å². The predicted molar refractivity (Wildman–Crippen MR) is 202 cm³/mol. The summed E-state index contributed by atoms with van der Waals surface area (Å²) in [6.07, 6.45) is 4.60. The van der Waals surface area contributed by atoms with Crippen molar-refractivity contribution in [3.63, 3.8) is 0 Å². The molecular formula is C46H38Si. The maximum atomic E-state index is 2.39. The molecule has 0 fully saturated rings. The highest BCUT2D eigenvalue weighted by atomic mass is 28.2. The van der Waals surface area contributed by atoms with Gasteiger partial charge in [0.25, 0.3) is 0 Å². The van der Waals surface area contributed by atoms with Gasteiger partial charge in [0.2, 0.25) is 0 Å². The number of allylic oxidation sites excluding steroid dienone is 2. The molecule has 0 aliphatic heterocycles. The Balaban J connectivity index is 1.26. The number of hydrogen-bond acceptors (Lipinski definition) is 0. The second kappa shape index (κ2) is 13.0. The summed E-state index contributed by atoms with van der Waals surface area (Å²) in [5.41, 5.74) is 16.6. The Bertz CT molecular complexity index is 2080. The van der Waals surface area contributed by atoms with E-state index < -0.39 is 0 Å². The molecule has 2 aliphatic rings. The van der Waals surface area contributed by atoms with Gasteiger partial charge >= 0.3 is 0 Å². The Kier molecular flexibility index (Phi) is 8.15. The zero-order valence-electron chi connectivity index (χ0n) is 26.9. The van der Waals surface area contributed by atoms with Gasteiger partial charge in [-0.25, -0.2) is 0 Å². The molecule has 2 aliphatic carbocycles. The monoisotopic (exact) mass is 618 g/mol. The summed E-state index contributed by atoms with van der Waals surface area (Å²) < 4.78 is 0. The van der Waals surface area contributed by atoms with Crippen molar-refractivity contribution in [1.82, 2.24) is 0 Å². The van der Waals surface area contributed by atoms with E-state index >= 15 is 0 Å². The molecule has 1 heteroatoms. The minimum Gasteiger partial charge on any atom is -0.0654 e. The van der Waals surface area contributed by atoms with Crippen LogP contribution in [0.15, 0.2) is 158 Å². The molecule has 0 heterocycles. The molecule has 0 nitrogen and oxygen atoms in total. The van der Waals surface area contributed by atoms with Crippen molar-refractivity contribution in [1.29, 1.82) is 0 Å². The van der Waals surface area contributed by atoms with Gasteiger partial charge in [-0.1, -0.05) is 177 Å². The van der Waals surface area contributed by atoms with Crippen LogP contribution in [0.4, 0.5) is 0 Å². The molecule has 8 rings (SSSR count). The molecule has 0 saturated carbocycles. The summed E-state index contributed by atoms with van der Waals surface area (Å²) in [7, 11) is 0.576. The molecule has 0 N–H and O–H groups in total. The average Bonchev–Trinajstić information content (AvgIpc) is 3.67. The standard InChI is InChI=1S/C46H38Si/c1-2-3-19-41-40-21-12-13-22-42(40)46(44(41)37-29-25-35(26-30-37)33-16-8-5-9-17-33)47-45-39-20-11-10-18-38(39)31-43(45)36-27-23-34(24-28-36)32-14-6-4-7-15-32/h4-18,20-30,41H,2-3,19,31H2,1H3. The molecule has 6 aromatic rings. The average molecular weight is 619 g/mol. The van der Waals surface area contributed by atoms with E-state index in [4.69, 9.17) is 0 Å². The molecule has 2 radical (unpaired) electrons. The van der Waals surface area contributed by atoms with E-state index in [1.807, 2.05) is 0 Å². The third kappa shape index (κ3) is 5.66. The van der Waals surface area contributed by atoms with Crippen LogP contribution in [0.25, 0.3) is 43.8 Å². The lowest BCUT2D eigenvalue weighted by Crippen LogP contribution is -2.03. The van der Waals surface area contributed by atoms with Crippen LogP contribution in [0.2, 0.25) is 0 Å². The summed E-state index contributed by atoms with van der Waals surface area (Å²) in [6, 6.07) is 58.5. The molecule has 0 bridgehead atoms. The highest BCUT2D eigenvalue weighted by molar-refractivity contribution is 6.82. The first kappa shape index (κ1) is 29.4. The van der Waals surface area contributed by atoms with Gasteiger partial charge in [0.05, 0.1) is 0 Å². The fourth-order valence-electron chi connectivity index (χ4n) is 7.53. The minimum absolute atomic E-state index is 0.419. The third-order valence-electron chi connectivity index (χ3n) is 9.92. The Labute approximate surface area is 282 Å². The third-order valence-corrected chi connectivity index (χ3v) is 11.5. The molecule has 47 heavy (non-hydrogen) atoms. The fourth-order valence-corrected chi connectivity index (χ4v) is 9.36. The van der Waals surface area contributed by atoms with E-state index in [0.717, 1.165) is 6.42 Å². The van der Waals surface area contributed by atoms with E-state index in [2.05, 4.69) is 165 Å². The molecule has 226 valence electrons.